The summed E-state index contributed by atoms with van der Waals surface area (Å²) in [4.78, 5) is 30.1. The number of halogens is 4. The van der Waals surface area contributed by atoms with Crippen LogP contribution in [0.1, 0.15) is 65.0 Å². The first-order valence-corrected chi connectivity index (χ1v) is 21.0. The first kappa shape index (κ1) is 43.1. The number of benzene rings is 4. The van der Waals surface area contributed by atoms with Gasteiger partial charge in [-0.3, -0.25) is 9.59 Å². The lowest BCUT2D eigenvalue weighted by Gasteiger charge is -2.26. The highest BCUT2D eigenvalue weighted by molar-refractivity contribution is 14.1. The Morgan fingerprint density at radius 1 is 0.660 bits per heavy atom. The Labute approximate surface area is 352 Å². The van der Waals surface area contributed by atoms with Crippen LogP contribution in [-0.4, -0.2) is 74.0 Å². The van der Waals surface area contributed by atoms with Crippen molar-refractivity contribution < 1.29 is 9.59 Å². The third-order valence-corrected chi connectivity index (χ3v) is 11.0. The van der Waals surface area contributed by atoms with Crippen LogP contribution < -0.4 is 21.3 Å². The first-order chi connectivity index (χ1) is 25.5. The fraction of sp³-hybridized carbons (Fsp3) is 0.366. The molecule has 4 aromatic rings. The van der Waals surface area contributed by atoms with Gasteiger partial charge in [0.05, 0.1) is 22.5 Å². The number of likely N-dealkylation sites (N-methyl/N-ethyl adjacent to an activating group) is 1. The normalized spacial score (nSPS) is 12.8. The molecule has 0 bridgehead atoms. The number of hydrogen-bond acceptors (Lipinski definition) is 6. The van der Waals surface area contributed by atoms with Gasteiger partial charge < -0.3 is 31.1 Å². The van der Waals surface area contributed by atoms with Crippen LogP contribution in [0, 0.1) is 21.0 Å². The topological polar surface area (TPSA) is 88.7 Å². The van der Waals surface area contributed by atoms with Gasteiger partial charge in [0.2, 0.25) is 0 Å². The summed E-state index contributed by atoms with van der Waals surface area (Å²) in [6.07, 6.45) is 3.83. The van der Waals surface area contributed by atoms with E-state index in [-0.39, 0.29) is 11.8 Å². The number of piperidine rings is 1. The van der Waals surface area contributed by atoms with E-state index in [0.717, 1.165) is 73.1 Å². The van der Waals surface area contributed by atoms with Gasteiger partial charge in [-0.1, -0.05) is 43.5 Å². The average molecular weight is 984 g/mol. The Kier molecular flexibility index (Phi) is 17.9. The van der Waals surface area contributed by atoms with Crippen molar-refractivity contribution in [3.05, 3.63) is 112 Å². The van der Waals surface area contributed by atoms with Crippen LogP contribution in [0.4, 0.5) is 22.7 Å². The zero-order valence-corrected chi connectivity index (χ0v) is 36.8. The molecule has 0 saturated carbocycles. The number of aryl methyl sites for hydroxylation is 2. The molecule has 4 aromatic carbocycles. The van der Waals surface area contributed by atoms with Crippen molar-refractivity contribution in [2.45, 2.75) is 47.0 Å². The molecular formula is C41H50Cl2I2N6O2. The maximum absolute atomic E-state index is 12.8. The van der Waals surface area contributed by atoms with Crippen molar-refractivity contribution >= 4 is 103 Å². The second kappa shape index (κ2) is 22.1. The van der Waals surface area contributed by atoms with Gasteiger partial charge in [-0.05, 0) is 182 Å². The average Bonchev–Trinajstić information content (AvgIpc) is 3.14. The number of nitrogens with zero attached hydrogens (tertiary/aromatic N) is 2. The molecule has 0 aliphatic carbocycles. The minimum absolute atomic E-state index is 0.0971. The summed E-state index contributed by atoms with van der Waals surface area (Å²) in [5.41, 5.74) is 6.85. The summed E-state index contributed by atoms with van der Waals surface area (Å²) in [5, 5.41) is 13.9. The monoisotopic (exact) mass is 982 g/mol. The minimum Gasteiger partial charge on any atom is -0.355 e. The molecule has 2 amide bonds. The maximum atomic E-state index is 12.8. The molecule has 53 heavy (non-hydrogen) atoms. The molecule has 0 aromatic heterocycles. The highest BCUT2D eigenvalue weighted by Gasteiger charge is 2.16. The number of rotatable bonds is 14. The van der Waals surface area contributed by atoms with Crippen molar-refractivity contribution in [2.24, 2.45) is 0 Å². The van der Waals surface area contributed by atoms with Gasteiger partial charge >= 0.3 is 0 Å². The van der Waals surface area contributed by atoms with Crippen LogP contribution in [0.5, 0.6) is 0 Å². The Bertz CT molecular complexity index is 1830. The molecule has 1 saturated heterocycles. The molecule has 0 spiro atoms. The Morgan fingerprint density at radius 2 is 1.11 bits per heavy atom. The highest BCUT2D eigenvalue weighted by Crippen LogP contribution is 2.28. The summed E-state index contributed by atoms with van der Waals surface area (Å²) in [6, 6.07) is 23.1. The molecule has 0 unspecified atom stereocenters. The van der Waals surface area contributed by atoms with Gasteiger partial charge in [-0.25, -0.2) is 0 Å². The lowest BCUT2D eigenvalue weighted by Crippen LogP contribution is -2.37. The zero-order valence-electron chi connectivity index (χ0n) is 30.9. The van der Waals surface area contributed by atoms with Crippen molar-refractivity contribution in [3.8, 4) is 0 Å². The van der Waals surface area contributed by atoms with E-state index in [9.17, 15) is 9.59 Å². The summed E-state index contributed by atoms with van der Waals surface area (Å²) < 4.78 is 2.36. The molecule has 12 heteroatoms. The number of carbonyl (C=O) groups excluding carboxylic acids is 2. The second-order valence-electron chi connectivity index (χ2n) is 13.0. The third kappa shape index (κ3) is 13.9. The van der Waals surface area contributed by atoms with Gasteiger partial charge in [-0.2, -0.15) is 0 Å². The summed E-state index contributed by atoms with van der Waals surface area (Å²) in [6.45, 7) is 15.5. The van der Waals surface area contributed by atoms with E-state index in [2.05, 4.69) is 109 Å². The standard InChI is InChI=1S/C21H25ClIN3O.C20H25ClIN3O/c1-15-13-17(23)6-8-19(15)25-20-7-5-16(22)14-18(20)21(27)24-9-12-26-10-3-2-4-11-26;1-4-25(5-2)11-10-23-20(26)17-13-15(21)6-8-19(17)24-18-9-7-16(22)12-14(18)3/h5-8,13-14,25H,2-4,9-12H2,1H3,(H,24,27);6-9,12-13,24H,4-5,10-11H2,1-3H3,(H,23,26). The van der Waals surface area contributed by atoms with E-state index < -0.39 is 0 Å². The fourth-order valence-electron chi connectivity index (χ4n) is 6.02. The molecule has 1 fully saturated rings. The van der Waals surface area contributed by atoms with Crippen molar-refractivity contribution in [3.63, 3.8) is 0 Å². The number of carbonyl (C=O) groups is 2. The van der Waals surface area contributed by atoms with E-state index >= 15 is 0 Å². The van der Waals surface area contributed by atoms with E-state index in [4.69, 9.17) is 23.2 Å². The van der Waals surface area contributed by atoms with Crippen molar-refractivity contribution in [1.82, 2.24) is 20.4 Å². The molecule has 1 aliphatic heterocycles. The predicted molar refractivity (Wildman–Crippen MR) is 240 cm³/mol. The SMILES string of the molecule is CCN(CC)CCNC(=O)c1cc(Cl)ccc1Nc1ccc(I)cc1C.Cc1cc(I)ccc1Nc1ccc(Cl)cc1C(=O)NCCN1CCCCC1. The predicted octanol–water partition coefficient (Wildman–Crippen LogP) is 10.3. The van der Waals surface area contributed by atoms with Gasteiger partial charge in [0.15, 0.2) is 0 Å². The molecule has 1 aliphatic rings. The molecular weight excluding hydrogens is 933 g/mol. The summed E-state index contributed by atoms with van der Waals surface area (Å²) in [7, 11) is 0. The number of anilines is 4. The van der Waals surface area contributed by atoms with Crippen LogP contribution >= 0.6 is 68.4 Å². The van der Waals surface area contributed by atoms with E-state index in [1.54, 1.807) is 24.3 Å². The van der Waals surface area contributed by atoms with Gasteiger partial charge in [0, 0.05) is 54.7 Å². The Morgan fingerprint density at radius 3 is 1.57 bits per heavy atom. The van der Waals surface area contributed by atoms with Crippen LogP contribution in [0.3, 0.4) is 0 Å². The summed E-state index contributed by atoms with van der Waals surface area (Å²) in [5.74, 6) is -0.217. The quantitative estimate of drug-likeness (QED) is 0.0942. The number of amides is 2. The molecule has 284 valence electrons. The second-order valence-corrected chi connectivity index (χ2v) is 16.4. The minimum atomic E-state index is -0.120. The third-order valence-electron chi connectivity index (χ3n) is 9.14. The van der Waals surface area contributed by atoms with Gasteiger partial charge in [0.1, 0.15) is 0 Å². The van der Waals surface area contributed by atoms with Crippen molar-refractivity contribution in [1.29, 1.82) is 0 Å². The maximum Gasteiger partial charge on any atom is 0.253 e. The first-order valence-electron chi connectivity index (χ1n) is 18.1. The fourth-order valence-corrected chi connectivity index (χ4v) is 7.66. The molecule has 8 nitrogen and oxygen atoms in total. The lowest BCUT2D eigenvalue weighted by molar-refractivity contribution is 0.0940. The zero-order chi connectivity index (χ0) is 38.3. The highest BCUT2D eigenvalue weighted by atomic mass is 127. The number of hydrogen-bond donors (Lipinski definition) is 4. The smallest absolute Gasteiger partial charge is 0.253 e. The van der Waals surface area contributed by atoms with Crippen LogP contribution in [-0.2, 0) is 0 Å². The Balaban J connectivity index is 0.000000237. The van der Waals surface area contributed by atoms with E-state index in [1.807, 2.05) is 43.3 Å². The molecule has 0 radical (unpaired) electrons. The largest absolute Gasteiger partial charge is 0.355 e. The van der Waals surface area contributed by atoms with Crippen molar-refractivity contribution in [2.75, 3.05) is 63.0 Å². The van der Waals surface area contributed by atoms with Crippen LogP contribution in [0.2, 0.25) is 10.0 Å². The van der Waals surface area contributed by atoms with E-state index in [0.29, 0.717) is 34.3 Å². The van der Waals surface area contributed by atoms with Crippen LogP contribution in [0.25, 0.3) is 0 Å². The number of nitrogens with one attached hydrogen (secondary N) is 4. The molecule has 0 atom stereocenters. The summed E-state index contributed by atoms with van der Waals surface area (Å²) >= 11 is 16.9. The molecule has 4 N–H and O–H groups in total. The van der Waals surface area contributed by atoms with E-state index in [1.165, 1.54) is 26.4 Å². The van der Waals surface area contributed by atoms with Gasteiger partial charge in [-0.15, -0.1) is 0 Å². The lowest BCUT2D eigenvalue weighted by atomic mass is 10.1. The Hall–Kier alpha value is -2.62. The van der Waals surface area contributed by atoms with Gasteiger partial charge in [0.25, 0.3) is 11.8 Å². The molecule has 5 rings (SSSR count). The number of likely N-dealkylation sites (tertiary alicyclic amines) is 1. The van der Waals surface area contributed by atoms with Crippen LogP contribution in [0.15, 0.2) is 72.8 Å². The molecule has 1 heterocycles.